The number of amides is 1. The lowest BCUT2D eigenvalue weighted by molar-refractivity contribution is -0.119. The summed E-state index contributed by atoms with van der Waals surface area (Å²) in [6.45, 7) is 4.71. The van der Waals surface area contributed by atoms with E-state index in [0.717, 1.165) is 11.4 Å². The number of nitrogen functional groups attached to an aromatic ring is 1. The second-order valence-electron chi connectivity index (χ2n) is 4.63. The first-order valence-corrected chi connectivity index (χ1v) is 5.96. The minimum absolute atomic E-state index is 0.0600. The number of nitrogens with one attached hydrogen (secondary N) is 3. The van der Waals surface area contributed by atoms with E-state index in [9.17, 15) is 4.79 Å². The standard InChI is InChI=1S/C11H18N6O/c1-6(2)9-10(14-5-15-11(9)17-12)16-7-3-8(18)13-4-7/h5-7H,3-4,12H2,1-2H3,(H,13,18)(H2,14,15,16,17). The van der Waals surface area contributed by atoms with Crippen molar-refractivity contribution in [2.45, 2.75) is 32.2 Å². The molecule has 18 heavy (non-hydrogen) atoms. The van der Waals surface area contributed by atoms with E-state index in [1.165, 1.54) is 6.33 Å². The first-order valence-electron chi connectivity index (χ1n) is 5.96. The van der Waals surface area contributed by atoms with Crippen molar-refractivity contribution < 1.29 is 4.79 Å². The van der Waals surface area contributed by atoms with Gasteiger partial charge >= 0.3 is 0 Å². The summed E-state index contributed by atoms with van der Waals surface area (Å²) in [5.74, 6) is 7.08. The summed E-state index contributed by atoms with van der Waals surface area (Å²) in [6.07, 6.45) is 1.92. The van der Waals surface area contributed by atoms with Crippen LogP contribution in [-0.2, 0) is 4.79 Å². The van der Waals surface area contributed by atoms with Crippen molar-refractivity contribution in [2.75, 3.05) is 17.3 Å². The van der Waals surface area contributed by atoms with Gasteiger partial charge in [-0.2, -0.15) is 0 Å². The van der Waals surface area contributed by atoms with Crippen LogP contribution in [0.3, 0.4) is 0 Å². The third kappa shape index (κ3) is 2.51. The third-order valence-corrected chi connectivity index (χ3v) is 2.92. The van der Waals surface area contributed by atoms with Crippen LogP contribution in [0, 0.1) is 0 Å². The van der Waals surface area contributed by atoms with Gasteiger partial charge in [0.1, 0.15) is 18.0 Å². The monoisotopic (exact) mass is 250 g/mol. The normalized spacial score (nSPS) is 18.9. The zero-order valence-electron chi connectivity index (χ0n) is 10.5. The van der Waals surface area contributed by atoms with Gasteiger partial charge in [0, 0.05) is 18.5 Å². The Morgan fingerprint density at radius 3 is 2.72 bits per heavy atom. The summed E-state index contributed by atoms with van der Waals surface area (Å²) in [7, 11) is 0. The molecule has 5 N–H and O–H groups in total. The molecule has 0 spiro atoms. The van der Waals surface area contributed by atoms with Gasteiger partial charge in [-0.25, -0.2) is 15.8 Å². The van der Waals surface area contributed by atoms with E-state index in [0.29, 0.717) is 18.8 Å². The van der Waals surface area contributed by atoms with E-state index in [2.05, 4.69) is 26.0 Å². The molecular weight excluding hydrogens is 232 g/mol. The Kier molecular flexibility index (Phi) is 3.61. The molecule has 1 amide bonds. The fourth-order valence-electron chi connectivity index (χ4n) is 2.07. The smallest absolute Gasteiger partial charge is 0.222 e. The molecule has 1 atom stereocenters. The molecule has 1 aliphatic rings. The number of nitrogens with two attached hydrogens (primary N) is 1. The van der Waals surface area contributed by atoms with Crippen molar-refractivity contribution in [1.29, 1.82) is 0 Å². The van der Waals surface area contributed by atoms with E-state index in [1.807, 2.05) is 13.8 Å². The predicted octanol–water partition coefficient (Wildman–Crippen LogP) is 0.186. The van der Waals surface area contributed by atoms with Crippen molar-refractivity contribution in [3.8, 4) is 0 Å². The first kappa shape index (κ1) is 12.6. The molecule has 7 heteroatoms. The van der Waals surface area contributed by atoms with Crippen molar-refractivity contribution >= 4 is 17.5 Å². The van der Waals surface area contributed by atoms with Crippen LogP contribution in [0.1, 0.15) is 31.7 Å². The van der Waals surface area contributed by atoms with Crippen LogP contribution in [0.2, 0.25) is 0 Å². The summed E-state index contributed by atoms with van der Waals surface area (Å²) >= 11 is 0. The Morgan fingerprint density at radius 1 is 1.44 bits per heavy atom. The lowest BCUT2D eigenvalue weighted by atomic mass is 10.0. The fourth-order valence-corrected chi connectivity index (χ4v) is 2.07. The molecule has 0 aliphatic carbocycles. The van der Waals surface area contributed by atoms with Crippen molar-refractivity contribution in [3.05, 3.63) is 11.9 Å². The Hall–Kier alpha value is -1.89. The SMILES string of the molecule is CC(C)c1c(NN)ncnc1NC1CNC(=O)C1. The van der Waals surface area contributed by atoms with Gasteiger partial charge in [-0.05, 0) is 5.92 Å². The van der Waals surface area contributed by atoms with Gasteiger partial charge in [0.25, 0.3) is 0 Å². The lowest BCUT2D eigenvalue weighted by Crippen LogP contribution is -2.24. The van der Waals surface area contributed by atoms with Crippen LogP contribution >= 0.6 is 0 Å². The van der Waals surface area contributed by atoms with Crippen molar-refractivity contribution in [1.82, 2.24) is 15.3 Å². The predicted molar refractivity (Wildman–Crippen MR) is 69.0 cm³/mol. The highest BCUT2D eigenvalue weighted by Crippen LogP contribution is 2.28. The van der Waals surface area contributed by atoms with Crippen molar-refractivity contribution in [3.63, 3.8) is 0 Å². The Balaban J connectivity index is 2.24. The maximum Gasteiger partial charge on any atom is 0.222 e. The van der Waals surface area contributed by atoms with E-state index < -0.39 is 0 Å². The van der Waals surface area contributed by atoms with Crippen LogP contribution in [0.4, 0.5) is 11.6 Å². The first-order chi connectivity index (χ1) is 8.61. The van der Waals surface area contributed by atoms with Crippen LogP contribution in [-0.4, -0.2) is 28.5 Å². The summed E-state index contributed by atoms with van der Waals surface area (Å²) in [5.41, 5.74) is 3.51. The van der Waals surface area contributed by atoms with Gasteiger partial charge in [-0.15, -0.1) is 0 Å². The molecule has 0 aromatic carbocycles. The average molecular weight is 250 g/mol. The van der Waals surface area contributed by atoms with Gasteiger partial charge in [0.05, 0.1) is 6.04 Å². The maximum absolute atomic E-state index is 11.2. The number of hydrogen-bond acceptors (Lipinski definition) is 6. The fraction of sp³-hybridized carbons (Fsp3) is 0.545. The minimum atomic E-state index is 0.0600. The second kappa shape index (κ2) is 5.18. The summed E-state index contributed by atoms with van der Waals surface area (Å²) in [4.78, 5) is 19.5. The molecule has 1 aromatic heterocycles. The highest BCUT2D eigenvalue weighted by atomic mass is 16.1. The van der Waals surface area contributed by atoms with Crippen LogP contribution < -0.4 is 21.9 Å². The largest absolute Gasteiger partial charge is 0.365 e. The number of anilines is 2. The van der Waals surface area contributed by atoms with E-state index in [4.69, 9.17) is 5.84 Å². The molecule has 2 rings (SSSR count). The molecule has 1 aromatic rings. The molecule has 1 unspecified atom stereocenters. The summed E-state index contributed by atoms with van der Waals surface area (Å²) in [5, 5.41) is 6.05. The van der Waals surface area contributed by atoms with Crippen LogP contribution in [0.15, 0.2) is 6.33 Å². The molecule has 7 nitrogen and oxygen atoms in total. The molecule has 98 valence electrons. The van der Waals surface area contributed by atoms with Crippen LogP contribution in [0.25, 0.3) is 0 Å². The number of carbonyl (C=O) groups excluding carboxylic acids is 1. The average Bonchev–Trinajstić information content (AvgIpc) is 2.74. The quantitative estimate of drug-likeness (QED) is 0.449. The highest BCUT2D eigenvalue weighted by molar-refractivity contribution is 5.79. The Morgan fingerprint density at radius 2 is 2.17 bits per heavy atom. The molecular formula is C11H18N6O. The molecule has 2 heterocycles. The van der Waals surface area contributed by atoms with Crippen molar-refractivity contribution in [2.24, 2.45) is 5.84 Å². The Labute approximate surface area is 106 Å². The van der Waals surface area contributed by atoms with Gasteiger partial charge in [0.15, 0.2) is 0 Å². The highest BCUT2D eigenvalue weighted by Gasteiger charge is 2.23. The number of rotatable bonds is 4. The molecule has 0 bridgehead atoms. The zero-order valence-corrected chi connectivity index (χ0v) is 10.5. The van der Waals surface area contributed by atoms with E-state index >= 15 is 0 Å². The minimum Gasteiger partial charge on any atom is -0.365 e. The number of nitrogens with zero attached hydrogens (tertiary/aromatic N) is 2. The molecule has 1 fully saturated rings. The number of carbonyl (C=O) groups is 1. The van der Waals surface area contributed by atoms with E-state index in [1.54, 1.807) is 0 Å². The van der Waals surface area contributed by atoms with E-state index in [-0.39, 0.29) is 17.9 Å². The molecule has 0 radical (unpaired) electrons. The van der Waals surface area contributed by atoms with Gasteiger partial charge < -0.3 is 16.1 Å². The number of hydrazine groups is 1. The summed E-state index contributed by atoms with van der Waals surface area (Å²) in [6, 6.07) is 0.0653. The maximum atomic E-state index is 11.2. The lowest BCUT2D eigenvalue weighted by Gasteiger charge is -2.18. The molecule has 0 saturated carbocycles. The third-order valence-electron chi connectivity index (χ3n) is 2.92. The second-order valence-corrected chi connectivity index (χ2v) is 4.63. The topological polar surface area (TPSA) is 105 Å². The zero-order chi connectivity index (χ0) is 13.1. The van der Waals surface area contributed by atoms with Gasteiger partial charge in [-0.1, -0.05) is 13.8 Å². The Bertz CT molecular complexity index is 447. The van der Waals surface area contributed by atoms with Crippen LogP contribution in [0.5, 0.6) is 0 Å². The molecule has 1 saturated heterocycles. The molecule has 1 aliphatic heterocycles. The van der Waals surface area contributed by atoms with Gasteiger partial charge in [0.2, 0.25) is 5.91 Å². The number of hydrogen-bond donors (Lipinski definition) is 4. The summed E-state index contributed by atoms with van der Waals surface area (Å²) < 4.78 is 0. The number of aromatic nitrogens is 2. The van der Waals surface area contributed by atoms with Gasteiger partial charge in [-0.3, -0.25) is 4.79 Å².